The molecule has 0 aromatic carbocycles. The number of nitro groups is 1. The molecule has 0 atom stereocenters. The molecule has 4 nitrogen and oxygen atoms in total. The fourth-order valence-electron chi connectivity index (χ4n) is 1.60. The van der Waals surface area contributed by atoms with Crippen molar-refractivity contribution in [3.8, 4) is 0 Å². The van der Waals surface area contributed by atoms with Gasteiger partial charge >= 0.3 is 5.00 Å². The lowest BCUT2D eigenvalue weighted by Gasteiger charge is -2.32. The van der Waals surface area contributed by atoms with E-state index >= 15 is 0 Å². The zero-order valence-corrected chi connectivity index (χ0v) is 11.9. The molecule has 0 saturated heterocycles. The van der Waals surface area contributed by atoms with Gasteiger partial charge in [0, 0.05) is 6.07 Å². The normalized spacial score (nSPS) is 11.7. The van der Waals surface area contributed by atoms with E-state index in [1.54, 1.807) is 6.07 Å². The third-order valence-electron chi connectivity index (χ3n) is 2.61. The Balaban J connectivity index is 2.74. The molecule has 1 rings (SSSR count). The van der Waals surface area contributed by atoms with Gasteiger partial charge in [0.2, 0.25) is 0 Å². The van der Waals surface area contributed by atoms with Crippen molar-refractivity contribution in [3.63, 3.8) is 0 Å². The summed E-state index contributed by atoms with van der Waals surface area (Å²) in [4.78, 5) is 11.2. The van der Waals surface area contributed by atoms with Crippen molar-refractivity contribution in [1.29, 1.82) is 0 Å². The van der Waals surface area contributed by atoms with E-state index in [-0.39, 0.29) is 9.92 Å². The van der Waals surface area contributed by atoms with Crippen LogP contribution in [0, 0.1) is 10.1 Å². The first kappa shape index (κ1) is 14.7. The summed E-state index contributed by atoms with van der Waals surface area (Å²) >= 11 is 12.8. The molecule has 0 aliphatic carbocycles. The van der Waals surface area contributed by atoms with Gasteiger partial charge in [-0.3, -0.25) is 10.1 Å². The number of quaternary nitrogens is 1. The molecule has 0 amide bonds. The minimum Gasteiger partial charge on any atom is -0.320 e. The second-order valence-corrected chi connectivity index (χ2v) is 6.00. The molecule has 0 unspecified atom stereocenters. The molecule has 0 spiro atoms. The lowest BCUT2D eigenvalue weighted by molar-refractivity contribution is -0.917. The number of rotatable bonds is 7. The van der Waals surface area contributed by atoms with Crippen LogP contribution >= 0.6 is 34.5 Å². The van der Waals surface area contributed by atoms with Crippen LogP contribution in [-0.2, 0) is 6.54 Å². The number of nitrogens with zero attached hydrogens (tertiary/aromatic N) is 2. The Labute approximate surface area is 114 Å². The van der Waals surface area contributed by atoms with Crippen molar-refractivity contribution >= 4 is 39.5 Å². The predicted octanol–water partition coefficient (Wildman–Crippen LogP) is 3.08. The molecule has 17 heavy (non-hydrogen) atoms. The van der Waals surface area contributed by atoms with Gasteiger partial charge in [-0.05, 0) is 6.07 Å². The molecule has 96 valence electrons. The van der Waals surface area contributed by atoms with Gasteiger partial charge in [-0.25, -0.2) is 0 Å². The lowest BCUT2D eigenvalue weighted by Crippen LogP contribution is -2.45. The van der Waals surface area contributed by atoms with Crippen molar-refractivity contribution in [2.24, 2.45) is 0 Å². The Morgan fingerprint density at radius 1 is 1.35 bits per heavy atom. The zero-order valence-electron chi connectivity index (χ0n) is 9.57. The van der Waals surface area contributed by atoms with Crippen LogP contribution in [0.25, 0.3) is 0 Å². The van der Waals surface area contributed by atoms with E-state index in [1.807, 2.05) is 6.07 Å². The molecule has 1 heterocycles. The lowest BCUT2D eigenvalue weighted by atomic mass is 10.3. The van der Waals surface area contributed by atoms with Crippen LogP contribution in [-0.4, -0.2) is 41.3 Å². The van der Waals surface area contributed by atoms with Crippen molar-refractivity contribution in [2.45, 2.75) is 6.54 Å². The summed E-state index contributed by atoms with van der Waals surface area (Å²) in [5, 5.41) is 10.8. The van der Waals surface area contributed by atoms with Gasteiger partial charge in [0.05, 0.1) is 41.7 Å². The third-order valence-corrected chi connectivity index (χ3v) is 3.97. The highest BCUT2D eigenvalue weighted by Gasteiger charge is 2.23. The molecule has 0 fully saturated rings. The molecular formula is C10H15Cl2N2O2S+. The second kappa shape index (κ2) is 6.54. The summed E-state index contributed by atoms with van der Waals surface area (Å²) in [6.45, 7) is 2.35. The topological polar surface area (TPSA) is 43.1 Å². The Morgan fingerprint density at radius 2 is 1.94 bits per heavy atom. The summed E-state index contributed by atoms with van der Waals surface area (Å²) in [6, 6.07) is 3.35. The maximum Gasteiger partial charge on any atom is 0.324 e. The molecule has 0 N–H and O–H groups in total. The minimum atomic E-state index is -0.360. The van der Waals surface area contributed by atoms with Crippen LogP contribution in [0.15, 0.2) is 12.1 Å². The van der Waals surface area contributed by atoms with Crippen LogP contribution in [0.1, 0.15) is 4.88 Å². The van der Waals surface area contributed by atoms with Crippen LogP contribution < -0.4 is 0 Å². The first-order valence-electron chi connectivity index (χ1n) is 5.19. The average Bonchev–Trinajstić information content (AvgIpc) is 2.66. The Morgan fingerprint density at radius 3 is 2.35 bits per heavy atom. The van der Waals surface area contributed by atoms with Crippen molar-refractivity contribution in [1.82, 2.24) is 0 Å². The quantitative estimate of drug-likeness (QED) is 0.336. The van der Waals surface area contributed by atoms with Gasteiger partial charge in [0.1, 0.15) is 6.54 Å². The van der Waals surface area contributed by atoms with Crippen molar-refractivity contribution in [3.05, 3.63) is 27.1 Å². The summed E-state index contributed by atoms with van der Waals surface area (Å²) in [5.74, 6) is 1.11. The molecule has 0 aliphatic heterocycles. The SMILES string of the molecule is C[N+](CCCl)(CCCl)Cc1ccc([N+](=O)[O-])s1. The zero-order chi connectivity index (χ0) is 12.9. The van der Waals surface area contributed by atoms with E-state index in [9.17, 15) is 10.1 Å². The van der Waals surface area contributed by atoms with Gasteiger partial charge in [-0.1, -0.05) is 11.3 Å². The first-order valence-corrected chi connectivity index (χ1v) is 7.08. The maximum atomic E-state index is 10.6. The summed E-state index contributed by atoms with van der Waals surface area (Å²) in [7, 11) is 2.07. The fraction of sp³-hybridized carbons (Fsp3) is 0.600. The van der Waals surface area contributed by atoms with E-state index in [4.69, 9.17) is 23.2 Å². The summed E-state index contributed by atoms with van der Waals surface area (Å²) in [5.41, 5.74) is 0. The molecule has 0 saturated carbocycles. The molecule has 0 bridgehead atoms. The standard InChI is InChI=1S/C10H15Cl2N2O2S/c1-14(6-4-11,7-5-12)8-9-2-3-10(17-9)13(15)16/h2-3H,4-8H2,1H3/q+1. The van der Waals surface area contributed by atoms with E-state index in [2.05, 4.69) is 7.05 Å². The first-order chi connectivity index (χ1) is 8.00. The van der Waals surface area contributed by atoms with Crippen molar-refractivity contribution in [2.75, 3.05) is 31.9 Å². The predicted molar refractivity (Wildman–Crippen MR) is 72.0 cm³/mol. The average molecular weight is 298 g/mol. The highest BCUT2D eigenvalue weighted by molar-refractivity contribution is 7.15. The summed E-state index contributed by atoms with van der Waals surface area (Å²) in [6.07, 6.45) is 0. The fourth-order valence-corrected chi connectivity index (χ4v) is 3.41. The van der Waals surface area contributed by atoms with E-state index < -0.39 is 0 Å². The van der Waals surface area contributed by atoms with E-state index in [1.165, 1.54) is 11.3 Å². The van der Waals surface area contributed by atoms with E-state index in [0.717, 1.165) is 24.5 Å². The number of halogens is 2. The minimum absolute atomic E-state index is 0.184. The highest BCUT2D eigenvalue weighted by Crippen LogP contribution is 2.26. The Hall–Kier alpha value is -0.360. The third kappa shape index (κ3) is 4.43. The Bertz CT molecular complexity index is 378. The Kier molecular flexibility index (Phi) is 5.66. The second-order valence-electron chi connectivity index (χ2n) is 4.10. The van der Waals surface area contributed by atoms with Gasteiger partial charge in [-0.2, -0.15) is 0 Å². The van der Waals surface area contributed by atoms with Crippen molar-refractivity contribution < 1.29 is 9.41 Å². The molecule has 0 radical (unpaired) electrons. The van der Waals surface area contributed by atoms with Gasteiger partial charge in [0.15, 0.2) is 0 Å². The summed E-state index contributed by atoms with van der Waals surface area (Å²) < 4.78 is 0.713. The number of hydrogen-bond acceptors (Lipinski definition) is 3. The van der Waals surface area contributed by atoms with Gasteiger partial charge in [-0.15, -0.1) is 23.2 Å². The van der Waals surface area contributed by atoms with Crippen LogP contribution in [0.4, 0.5) is 5.00 Å². The monoisotopic (exact) mass is 297 g/mol. The maximum absolute atomic E-state index is 10.6. The molecule has 0 aliphatic rings. The molecular weight excluding hydrogens is 283 g/mol. The largest absolute Gasteiger partial charge is 0.324 e. The molecule has 7 heteroatoms. The number of alkyl halides is 2. The van der Waals surface area contributed by atoms with Crippen LogP contribution in [0.5, 0.6) is 0 Å². The smallest absolute Gasteiger partial charge is 0.320 e. The number of thiophene rings is 1. The van der Waals surface area contributed by atoms with Crippen LogP contribution in [0.3, 0.4) is 0 Å². The molecule has 1 aromatic heterocycles. The van der Waals surface area contributed by atoms with Gasteiger partial charge < -0.3 is 4.48 Å². The highest BCUT2D eigenvalue weighted by atomic mass is 35.5. The number of hydrogen-bond donors (Lipinski definition) is 0. The van der Waals surface area contributed by atoms with E-state index in [0.29, 0.717) is 16.2 Å². The van der Waals surface area contributed by atoms with Crippen LogP contribution in [0.2, 0.25) is 0 Å². The van der Waals surface area contributed by atoms with Gasteiger partial charge in [0.25, 0.3) is 0 Å². The molecule has 1 aromatic rings.